The molecule has 2 aromatic carbocycles. The number of rotatable bonds is 2. The van der Waals surface area contributed by atoms with Gasteiger partial charge in [0.1, 0.15) is 11.7 Å². The minimum Gasteiger partial charge on any atom is -0.386 e. The highest BCUT2D eigenvalue weighted by Crippen LogP contribution is 2.36. The molecule has 0 saturated heterocycles. The molecule has 0 unspecified atom stereocenters. The summed E-state index contributed by atoms with van der Waals surface area (Å²) in [6.07, 6.45) is -3.96. The van der Waals surface area contributed by atoms with E-state index in [9.17, 15) is 17.6 Å². The first-order chi connectivity index (χ1) is 10.8. The van der Waals surface area contributed by atoms with Crippen LogP contribution in [0.5, 0.6) is 0 Å². The first kappa shape index (κ1) is 15.3. The molecule has 1 aliphatic heterocycles. The Hall–Kier alpha value is -2.57. The van der Waals surface area contributed by atoms with Crippen molar-refractivity contribution in [2.45, 2.75) is 18.6 Å². The Kier molecular flexibility index (Phi) is 3.71. The van der Waals surface area contributed by atoms with Crippen molar-refractivity contribution in [3.05, 3.63) is 65.5 Å². The van der Waals surface area contributed by atoms with Crippen LogP contribution < -0.4 is 10.7 Å². The number of hydrogen-bond acceptors (Lipinski definition) is 3. The fourth-order valence-electron chi connectivity index (χ4n) is 2.52. The summed E-state index contributed by atoms with van der Waals surface area (Å²) in [5, 5.41) is 5.74. The van der Waals surface area contributed by atoms with Crippen LogP contribution in [0.4, 0.5) is 23.2 Å². The molecule has 1 heterocycles. The van der Waals surface area contributed by atoms with Gasteiger partial charge < -0.3 is 5.73 Å². The Morgan fingerprint density at radius 3 is 2.17 bits per heavy atom. The van der Waals surface area contributed by atoms with Gasteiger partial charge in [0.25, 0.3) is 0 Å². The van der Waals surface area contributed by atoms with E-state index in [1.54, 1.807) is 17.1 Å². The lowest BCUT2D eigenvalue weighted by molar-refractivity contribution is -0.137. The summed E-state index contributed by atoms with van der Waals surface area (Å²) in [4.78, 5) is 0. The number of halogens is 4. The topological polar surface area (TPSA) is 41.6 Å². The molecule has 0 saturated carbocycles. The highest BCUT2D eigenvalue weighted by atomic mass is 19.4. The lowest BCUT2D eigenvalue weighted by Gasteiger charge is -2.24. The molecule has 1 aliphatic rings. The van der Waals surface area contributed by atoms with E-state index in [1.165, 1.54) is 24.3 Å². The predicted octanol–water partition coefficient (Wildman–Crippen LogP) is 4.07. The molecule has 0 aromatic heterocycles. The molecule has 7 heteroatoms. The first-order valence-electron chi connectivity index (χ1n) is 6.89. The molecule has 0 bridgehead atoms. The van der Waals surface area contributed by atoms with Gasteiger partial charge in [-0.25, -0.2) is 4.39 Å². The van der Waals surface area contributed by atoms with Crippen molar-refractivity contribution in [3.8, 4) is 0 Å². The lowest BCUT2D eigenvalue weighted by Crippen LogP contribution is -2.19. The normalized spacial score (nSPS) is 18.2. The van der Waals surface area contributed by atoms with E-state index in [-0.39, 0.29) is 11.9 Å². The molecule has 2 aromatic rings. The molecule has 0 radical (unpaired) electrons. The number of amidine groups is 1. The van der Waals surface area contributed by atoms with E-state index in [0.29, 0.717) is 17.9 Å². The van der Waals surface area contributed by atoms with Crippen molar-refractivity contribution in [1.29, 1.82) is 0 Å². The average molecular weight is 323 g/mol. The van der Waals surface area contributed by atoms with E-state index in [2.05, 4.69) is 5.10 Å². The van der Waals surface area contributed by atoms with Crippen molar-refractivity contribution in [2.75, 3.05) is 5.01 Å². The van der Waals surface area contributed by atoms with Crippen LogP contribution in [0.25, 0.3) is 0 Å². The number of nitrogens with two attached hydrogens (primary N) is 1. The van der Waals surface area contributed by atoms with Crippen LogP contribution in [-0.4, -0.2) is 5.84 Å². The predicted molar refractivity (Wildman–Crippen MR) is 79.3 cm³/mol. The third-order valence-corrected chi connectivity index (χ3v) is 3.65. The Morgan fingerprint density at radius 1 is 1.00 bits per heavy atom. The van der Waals surface area contributed by atoms with Gasteiger partial charge in [0.15, 0.2) is 0 Å². The number of anilines is 1. The Balaban J connectivity index is 1.91. The maximum absolute atomic E-state index is 13.1. The van der Waals surface area contributed by atoms with Crippen molar-refractivity contribution < 1.29 is 17.6 Å². The third-order valence-electron chi connectivity index (χ3n) is 3.65. The number of benzene rings is 2. The number of hydrogen-bond donors (Lipinski definition) is 1. The third kappa shape index (κ3) is 3.13. The number of nitrogens with zero attached hydrogens (tertiary/aromatic N) is 2. The molecular formula is C16H13F4N3. The molecular weight excluding hydrogens is 310 g/mol. The van der Waals surface area contributed by atoms with Crippen LogP contribution in [0.3, 0.4) is 0 Å². The summed E-state index contributed by atoms with van der Waals surface area (Å²) in [6.45, 7) is 0. The maximum atomic E-state index is 13.1. The second-order valence-electron chi connectivity index (χ2n) is 5.25. The fraction of sp³-hybridized carbons (Fsp3) is 0.188. The summed E-state index contributed by atoms with van der Waals surface area (Å²) >= 11 is 0. The Labute approximate surface area is 130 Å². The van der Waals surface area contributed by atoms with Crippen molar-refractivity contribution in [2.24, 2.45) is 10.8 Å². The molecule has 120 valence electrons. The van der Waals surface area contributed by atoms with Gasteiger partial charge in [-0.3, -0.25) is 5.01 Å². The minimum atomic E-state index is -4.39. The zero-order valence-corrected chi connectivity index (χ0v) is 11.9. The monoisotopic (exact) mass is 323 g/mol. The van der Waals surface area contributed by atoms with E-state index < -0.39 is 11.7 Å². The molecule has 0 amide bonds. The van der Waals surface area contributed by atoms with Gasteiger partial charge in [0.05, 0.1) is 17.3 Å². The van der Waals surface area contributed by atoms with Crippen molar-refractivity contribution >= 4 is 11.5 Å². The molecule has 23 heavy (non-hydrogen) atoms. The summed E-state index contributed by atoms with van der Waals surface area (Å²) in [7, 11) is 0. The van der Waals surface area contributed by atoms with Crippen LogP contribution in [-0.2, 0) is 6.18 Å². The van der Waals surface area contributed by atoms with Gasteiger partial charge in [0, 0.05) is 6.42 Å². The number of alkyl halides is 3. The van der Waals surface area contributed by atoms with E-state index in [4.69, 9.17) is 5.73 Å². The smallest absolute Gasteiger partial charge is 0.386 e. The van der Waals surface area contributed by atoms with Gasteiger partial charge in [-0.2, -0.15) is 18.3 Å². The van der Waals surface area contributed by atoms with Gasteiger partial charge in [-0.1, -0.05) is 12.1 Å². The summed E-state index contributed by atoms with van der Waals surface area (Å²) in [6, 6.07) is 10.3. The maximum Gasteiger partial charge on any atom is 0.416 e. The molecule has 0 fully saturated rings. The largest absolute Gasteiger partial charge is 0.416 e. The number of hydrazone groups is 1. The van der Waals surface area contributed by atoms with Crippen LogP contribution in [0.2, 0.25) is 0 Å². The molecule has 2 N–H and O–H groups in total. The summed E-state index contributed by atoms with van der Waals surface area (Å²) in [5.41, 5.74) is 6.33. The van der Waals surface area contributed by atoms with Crippen LogP contribution in [0.15, 0.2) is 53.6 Å². The fourth-order valence-corrected chi connectivity index (χ4v) is 2.52. The standard InChI is InChI=1S/C16H13F4N3/c17-12-5-1-10(2-6-12)14-9-15(21)22-23(14)13-7-3-11(4-8-13)16(18,19)20/h1-8,14H,9H2,(H2,21,22)/t14-/m1/s1. The van der Waals surface area contributed by atoms with Gasteiger partial charge in [-0.05, 0) is 42.0 Å². The van der Waals surface area contributed by atoms with Crippen LogP contribution >= 0.6 is 0 Å². The van der Waals surface area contributed by atoms with E-state index in [0.717, 1.165) is 17.7 Å². The van der Waals surface area contributed by atoms with Gasteiger partial charge in [0.2, 0.25) is 0 Å². The van der Waals surface area contributed by atoms with Crippen LogP contribution in [0.1, 0.15) is 23.6 Å². The summed E-state index contributed by atoms with van der Waals surface area (Å²) < 4.78 is 51.0. The van der Waals surface area contributed by atoms with E-state index in [1.807, 2.05) is 0 Å². The first-order valence-corrected chi connectivity index (χ1v) is 6.89. The van der Waals surface area contributed by atoms with Gasteiger partial charge >= 0.3 is 6.18 Å². The lowest BCUT2D eigenvalue weighted by atomic mass is 10.0. The highest BCUT2D eigenvalue weighted by molar-refractivity contribution is 5.85. The summed E-state index contributed by atoms with van der Waals surface area (Å²) in [5.74, 6) is 0.0148. The minimum absolute atomic E-state index is 0.271. The molecule has 3 rings (SSSR count). The average Bonchev–Trinajstić information content (AvgIpc) is 2.89. The Morgan fingerprint density at radius 2 is 1.61 bits per heavy atom. The molecule has 3 nitrogen and oxygen atoms in total. The van der Waals surface area contributed by atoms with Crippen molar-refractivity contribution in [1.82, 2.24) is 0 Å². The zero-order valence-electron chi connectivity index (χ0n) is 11.9. The highest BCUT2D eigenvalue weighted by Gasteiger charge is 2.32. The van der Waals surface area contributed by atoms with Crippen LogP contribution in [0, 0.1) is 5.82 Å². The SMILES string of the molecule is NC1=NN(c2ccc(C(F)(F)F)cc2)[C@@H](c2ccc(F)cc2)C1. The Bertz CT molecular complexity index is 720. The second-order valence-corrected chi connectivity index (χ2v) is 5.25. The van der Waals surface area contributed by atoms with Gasteiger partial charge in [-0.15, -0.1) is 0 Å². The van der Waals surface area contributed by atoms with E-state index >= 15 is 0 Å². The molecule has 0 aliphatic carbocycles. The zero-order chi connectivity index (χ0) is 16.6. The molecule has 0 spiro atoms. The molecule has 1 atom stereocenters. The second kappa shape index (κ2) is 5.57. The quantitative estimate of drug-likeness (QED) is 0.847. The van der Waals surface area contributed by atoms with Crippen molar-refractivity contribution in [3.63, 3.8) is 0 Å².